The molecule has 0 N–H and O–H groups in total. The van der Waals surface area contributed by atoms with E-state index in [-0.39, 0.29) is 5.82 Å². The van der Waals surface area contributed by atoms with E-state index in [1.54, 1.807) is 12.1 Å². The third-order valence-corrected chi connectivity index (χ3v) is 3.57. The van der Waals surface area contributed by atoms with Gasteiger partial charge in [0.05, 0.1) is 0 Å². The van der Waals surface area contributed by atoms with E-state index in [2.05, 4.69) is 21.8 Å². The van der Waals surface area contributed by atoms with Gasteiger partial charge in [-0.3, -0.25) is 0 Å². The molecule has 0 amide bonds. The van der Waals surface area contributed by atoms with Gasteiger partial charge in [0.15, 0.2) is 0 Å². The molecule has 2 aromatic rings. The summed E-state index contributed by atoms with van der Waals surface area (Å²) >= 11 is 0. The molecule has 1 aromatic heterocycles. The molecule has 0 saturated carbocycles. The summed E-state index contributed by atoms with van der Waals surface area (Å²) in [4.78, 5) is 11.1. The standard InChI is InChI=1S/C15H16FN3/c1-9-8-19(13-6-4-12(16)5-7-13)15-14(9)10(2)17-11(3)18-15/h4-7,9H,8H2,1-3H3/t9-/m1/s1. The molecule has 0 bridgehead atoms. The fourth-order valence-electron chi connectivity index (χ4n) is 2.79. The van der Waals surface area contributed by atoms with Gasteiger partial charge in [-0.05, 0) is 38.1 Å². The Morgan fingerprint density at radius 1 is 1.16 bits per heavy atom. The fraction of sp³-hybridized carbons (Fsp3) is 0.333. The summed E-state index contributed by atoms with van der Waals surface area (Å²) in [7, 11) is 0. The lowest BCUT2D eigenvalue weighted by Gasteiger charge is -2.19. The number of halogens is 1. The Balaban J connectivity index is 2.11. The molecule has 0 saturated heterocycles. The monoisotopic (exact) mass is 257 g/mol. The molecule has 1 aliphatic rings. The van der Waals surface area contributed by atoms with E-state index in [1.807, 2.05) is 13.8 Å². The summed E-state index contributed by atoms with van der Waals surface area (Å²) in [5.74, 6) is 1.91. The number of hydrogen-bond acceptors (Lipinski definition) is 3. The van der Waals surface area contributed by atoms with Crippen molar-refractivity contribution in [2.24, 2.45) is 0 Å². The van der Waals surface area contributed by atoms with Crippen LogP contribution >= 0.6 is 0 Å². The first-order valence-electron chi connectivity index (χ1n) is 6.44. The molecule has 4 heteroatoms. The van der Waals surface area contributed by atoms with E-state index in [1.165, 1.54) is 17.7 Å². The second-order valence-electron chi connectivity index (χ2n) is 5.08. The zero-order chi connectivity index (χ0) is 13.6. The Morgan fingerprint density at radius 2 is 1.84 bits per heavy atom. The maximum atomic E-state index is 13.0. The van der Waals surface area contributed by atoms with Crippen molar-refractivity contribution in [1.29, 1.82) is 0 Å². The molecule has 0 aliphatic carbocycles. The van der Waals surface area contributed by atoms with Crippen LogP contribution in [0.25, 0.3) is 0 Å². The van der Waals surface area contributed by atoms with Crippen molar-refractivity contribution in [3.63, 3.8) is 0 Å². The summed E-state index contributed by atoms with van der Waals surface area (Å²) in [6, 6.07) is 6.56. The lowest BCUT2D eigenvalue weighted by molar-refractivity contribution is 0.627. The molecule has 1 atom stereocenters. The maximum Gasteiger partial charge on any atom is 0.140 e. The summed E-state index contributed by atoms with van der Waals surface area (Å²) in [6.07, 6.45) is 0. The Hall–Kier alpha value is -1.97. The first-order valence-corrected chi connectivity index (χ1v) is 6.44. The van der Waals surface area contributed by atoms with Crippen molar-refractivity contribution >= 4 is 11.5 Å². The highest BCUT2D eigenvalue weighted by atomic mass is 19.1. The minimum Gasteiger partial charge on any atom is -0.325 e. The predicted molar refractivity (Wildman–Crippen MR) is 73.3 cm³/mol. The lowest BCUT2D eigenvalue weighted by atomic mass is 10.0. The highest BCUT2D eigenvalue weighted by molar-refractivity contribution is 5.68. The van der Waals surface area contributed by atoms with Crippen LogP contribution < -0.4 is 4.90 Å². The Morgan fingerprint density at radius 3 is 2.53 bits per heavy atom. The highest BCUT2D eigenvalue weighted by Crippen LogP contribution is 2.40. The number of aryl methyl sites for hydroxylation is 2. The van der Waals surface area contributed by atoms with Gasteiger partial charge in [0.2, 0.25) is 0 Å². The van der Waals surface area contributed by atoms with Gasteiger partial charge < -0.3 is 4.90 Å². The SMILES string of the molecule is Cc1nc(C)c2c(n1)N(c1ccc(F)cc1)C[C@H]2C. The quantitative estimate of drug-likeness (QED) is 0.783. The van der Waals surface area contributed by atoms with Crippen molar-refractivity contribution in [2.45, 2.75) is 26.7 Å². The van der Waals surface area contributed by atoms with Crippen molar-refractivity contribution in [1.82, 2.24) is 9.97 Å². The summed E-state index contributed by atoms with van der Waals surface area (Å²) in [5, 5.41) is 0. The third kappa shape index (κ3) is 1.97. The van der Waals surface area contributed by atoms with Gasteiger partial charge in [-0.2, -0.15) is 0 Å². The number of nitrogens with zero attached hydrogens (tertiary/aromatic N) is 3. The van der Waals surface area contributed by atoms with E-state index >= 15 is 0 Å². The average Bonchev–Trinajstić information content (AvgIpc) is 2.67. The minimum atomic E-state index is -0.216. The largest absolute Gasteiger partial charge is 0.325 e. The molecule has 1 aliphatic heterocycles. The first kappa shape index (κ1) is 12.1. The van der Waals surface area contributed by atoms with Crippen molar-refractivity contribution in [3.8, 4) is 0 Å². The van der Waals surface area contributed by atoms with E-state index in [0.29, 0.717) is 5.92 Å². The van der Waals surface area contributed by atoms with E-state index < -0.39 is 0 Å². The van der Waals surface area contributed by atoms with Crippen molar-refractivity contribution in [3.05, 3.63) is 47.2 Å². The lowest BCUT2D eigenvalue weighted by Crippen LogP contribution is -2.15. The van der Waals surface area contributed by atoms with Crippen LogP contribution in [0, 0.1) is 19.7 Å². The van der Waals surface area contributed by atoms with Gasteiger partial charge in [-0.25, -0.2) is 14.4 Å². The molecule has 98 valence electrons. The number of hydrogen-bond donors (Lipinski definition) is 0. The Kier molecular flexibility index (Phi) is 2.73. The van der Waals surface area contributed by atoms with Crippen LogP contribution in [0.15, 0.2) is 24.3 Å². The summed E-state index contributed by atoms with van der Waals surface area (Å²) in [6.45, 7) is 6.96. The topological polar surface area (TPSA) is 29.0 Å². The highest BCUT2D eigenvalue weighted by Gasteiger charge is 2.30. The molecule has 3 nitrogen and oxygen atoms in total. The molecule has 0 fully saturated rings. The molecular weight excluding hydrogens is 241 g/mol. The molecular formula is C15H16FN3. The number of aromatic nitrogens is 2. The van der Waals surface area contributed by atoms with Crippen LogP contribution in [0.5, 0.6) is 0 Å². The second-order valence-corrected chi connectivity index (χ2v) is 5.08. The van der Waals surface area contributed by atoms with Gasteiger partial charge in [-0.1, -0.05) is 6.92 Å². The summed E-state index contributed by atoms with van der Waals surface area (Å²) < 4.78 is 13.0. The Bertz CT molecular complexity index is 622. The molecule has 1 aromatic carbocycles. The normalized spacial score (nSPS) is 17.7. The van der Waals surface area contributed by atoms with Gasteiger partial charge in [0.25, 0.3) is 0 Å². The molecule has 0 unspecified atom stereocenters. The van der Waals surface area contributed by atoms with Crippen LogP contribution in [-0.4, -0.2) is 16.5 Å². The molecule has 0 radical (unpaired) electrons. The van der Waals surface area contributed by atoms with Crippen LogP contribution in [0.3, 0.4) is 0 Å². The molecule has 3 rings (SSSR count). The number of anilines is 2. The van der Waals surface area contributed by atoms with Gasteiger partial charge in [0.1, 0.15) is 17.5 Å². The molecule has 19 heavy (non-hydrogen) atoms. The number of fused-ring (bicyclic) bond motifs is 1. The van der Waals surface area contributed by atoms with Crippen LogP contribution in [-0.2, 0) is 0 Å². The third-order valence-electron chi connectivity index (χ3n) is 3.57. The van der Waals surface area contributed by atoms with Gasteiger partial charge in [0, 0.05) is 29.4 Å². The Labute approximate surface area is 112 Å². The molecule has 0 spiro atoms. The van der Waals surface area contributed by atoms with E-state index in [0.717, 1.165) is 29.6 Å². The first-order chi connectivity index (χ1) is 9.06. The van der Waals surface area contributed by atoms with Gasteiger partial charge in [-0.15, -0.1) is 0 Å². The van der Waals surface area contributed by atoms with E-state index in [9.17, 15) is 4.39 Å². The fourth-order valence-corrected chi connectivity index (χ4v) is 2.79. The average molecular weight is 257 g/mol. The number of benzene rings is 1. The van der Waals surface area contributed by atoms with Crippen LogP contribution in [0.2, 0.25) is 0 Å². The van der Waals surface area contributed by atoms with Crippen molar-refractivity contribution < 1.29 is 4.39 Å². The number of rotatable bonds is 1. The van der Waals surface area contributed by atoms with Crippen LogP contribution in [0.1, 0.15) is 29.9 Å². The van der Waals surface area contributed by atoms with Crippen molar-refractivity contribution in [2.75, 3.05) is 11.4 Å². The minimum absolute atomic E-state index is 0.216. The molecule has 2 heterocycles. The van der Waals surface area contributed by atoms with E-state index in [4.69, 9.17) is 0 Å². The maximum absolute atomic E-state index is 13.0. The second kappa shape index (κ2) is 4.30. The smallest absolute Gasteiger partial charge is 0.140 e. The van der Waals surface area contributed by atoms with Crippen LogP contribution in [0.4, 0.5) is 15.9 Å². The summed E-state index contributed by atoms with van der Waals surface area (Å²) in [5.41, 5.74) is 3.22. The predicted octanol–water partition coefficient (Wildman–Crippen LogP) is 3.49. The zero-order valence-corrected chi connectivity index (χ0v) is 11.3. The zero-order valence-electron chi connectivity index (χ0n) is 11.3. The van der Waals surface area contributed by atoms with Gasteiger partial charge >= 0.3 is 0 Å².